The molecular weight excluding hydrogens is 212 g/mol. The van der Waals surface area contributed by atoms with Crippen LogP contribution in [0, 0.1) is 5.92 Å². The van der Waals surface area contributed by atoms with Gasteiger partial charge in [0.25, 0.3) is 0 Å². The number of allylic oxidation sites excluding steroid dienone is 1. The Labute approximate surface area is 104 Å². The van der Waals surface area contributed by atoms with Gasteiger partial charge >= 0.3 is 0 Å². The Bertz CT molecular complexity index is 287. The van der Waals surface area contributed by atoms with Gasteiger partial charge in [0.15, 0.2) is 0 Å². The number of carbonyl (C=O) groups is 1. The third kappa shape index (κ3) is 2.71. The number of carbonyl (C=O) groups excluding carboxylic acids is 1. The second-order valence-corrected chi connectivity index (χ2v) is 5.58. The average molecular weight is 236 g/mol. The van der Waals surface area contributed by atoms with E-state index < -0.39 is 5.54 Å². The molecule has 1 heterocycles. The zero-order valence-corrected chi connectivity index (χ0v) is 10.7. The van der Waals surface area contributed by atoms with Crippen LogP contribution in [0.5, 0.6) is 0 Å². The van der Waals surface area contributed by atoms with E-state index in [1.54, 1.807) is 0 Å². The van der Waals surface area contributed by atoms with Gasteiger partial charge in [-0.3, -0.25) is 4.79 Å². The van der Waals surface area contributed by atoms with Gasteiger partial charge in [-0.1, -0.05) is 25.3 Å². The average Bonchev–Trinajstić information content (AvgIpc) is 2.39. The number of amides is 1. The van der Waals surface area contributed by atoms with Gasteiger partial charge in [0.2, 0.25) is 5.91 Å². The summed E-state index contributed by atoms with van der Waals surface area (Å²) in [6.45, 7) is 5.54. The van der Waals surface area contributed by atoms with Gasteiger partial charge in [-0.05, 0) is 31.6 Å². The predicted molar refractivity (Wildman–Crippen MR) is 69.5 cm³/mol. The van der Waals surface area contributed by atoms with E-state index in [1.165, 1.54) is 6.42 Å². The second kappa shape index (κ2) is 5.21. The van der Waals surface area contributed by atoms with E-state index in [4.69, 9.17) is 5.73 Å². The molecule has 2 fully saturated rings. The summed E-state index contributed by atoms with van der Waals surface area (Å²) in [7, 11) is 0. The Morgan fingerprint density at radius 3 is 2.35 bits per heavy atom. The van der Waals surface area contributed by atoms with Crippen LogP contribution in [0.25, 0.3) is 0 Å². The first-order valence-corrected chi connectivity index (χ1v) is 6.86. The lowest BCUT2D eigenvalue weighted by Crippen LogP contribution is -2.57. The molecule has 0 radical (unpaired) electrons. The van der Waals surface area contributed by atoms with Gasteiger partial charge < -0.3 is 10.6 Å². The number of nitrogens with zero attached hydrogens (tertiary/aromatic N) is 1. The van der Waals surface area contributed by atoms with Crippen LogP contribution in [-0.4, -0.2) is 29.4 Å². The molecule has 1 saturated carbocycles. The molecule has 3 heteroatoms. The topological polar surface area (TPSA) is 46.3 Å². The van der Waals surface area contributed by atoms with Gasteiger partial charge in [-0.2, -0.15) is 0 Å². The Kier molecular flexibility index (Phi) is 3.87. The number of hydrogen-bond acceptors (Lipinski definition) is 2. The quantitative estimate of drug-likeness (QED) is 0.746. The highest BCUT2D eigenvalue weighted by Gasteiger charge is 2.39. The van der Waals surface area contributed by atoms with E-state index in [1.807, 2.05) is 11.0 Å². The molecule has 0 bridgehead atoms. The summed E-state index contributed by atoms with van der Waals surface area (Å²) in [4.78, 5) is 14.4. The van der Waals surface area contributed by atoms with Crippen LogP contribution in [0.3, 0.4) is 0 Å². The summed E-state index contributed by atoms with van der Waals surface area (Å²) < 4.78 is 0. The van der Waals surface area contributed by atoms with Gasteiger partial charge in [-0.25, -0.2) is 0 Å². The first kappa shape index (κ1) is 12.6. The fraction of sp³-hybridized carbons (Fsp3) is 0.786. The van der Waals surface area contributed by atoms with Crippen molar-refractivity contribution in [2.75, 3.05) is 13.1 Å². The molecule has 0 atom stereocenters. The zero-order valence-electron chi connectivity index (χ0n) is 10.7. The molecule has 2 aliphatic rings. The highest BCUT2D eigenvalue weighted by molar-refractivity contribution is 5.86. The Hall–Kier alpha value is -0.830. The molecule has 1 amide bonds. The number of likely N-dealkylation sites (tertiary alicyclic amines) is 1. The van der Waals surface area contributed by atoms with E-state index in [2.05, 4.69) is 6.58 Å². The van der Waals surface area contributed by atoms with Crippen molar-refractivity contribution in [2.24, 2.45) is 11.7 Å². The predicted octanol–water partition coefficient (Wildman–Crippen LogP) is 2.07. The number of piperidine rings is 1. The summed E-state index contributed by atoms with van der Waals surface area (Å²) >= 11 is 0. The second-order valence-electron chi connectivity index (χ2n) is 5.58. The molecule has 0 unspecified atom stereocenters. The normalized spacial score (nSPS) is 25.6. The third-order valence-corrected chi connectivity index (χ3v) is 4.33. The number of hydrogen-bond donors (Lipinski definition) is 1. The molecule has 0 aromatic heterocycles. The van der Waals surface area contributed by atoms with Crippen molar-refractivity contribution < 1.29 is 4.79 Å². The first-order valence-electron chi connectivity index (χ1n) is 6.86. The van der Waals surface area contributed by atoms with Gasteiger partial charge in [0, 0.05) is 13.1 Å². The molecule has 1 saturated heterocycles. The summed E-state index contributed by atoms with van der Waals surface area (Å²) in [6, 6.07) is 0. The largest absolute Gasteiger partial charge is 0.341 e. The standard InChI is InChI=1S/C14H24N2O/c1-2-12-6-10-16(11-7-12)13(17)14(15)8-4-3-5-9-14/h2,12H,1,3-11,15H2. The van der Waals surface area contributed by atoms with E-state index in [0.29, 0.717) is 5.92 Å². The molecule has 0 spiro atoms. The maximum absolute atomic E-state index is 12.4. The molecule has 96 valence electrons. The summed E-state index contributed by atoms with van der Waals surface area (Å²) in [6.07, 6.45) is 9.28. The first-order chi connectivity index (χ1) is 8.15. The van der Waals surface area contributed by atoms with Crippen molar-refractivity contribution in [3.05, 3.63) is 12.7 Å². The fourth-order valence-corrected chi connectivity index (χ4v) is 3.05. The van der Waals surface area contributed by atoms with Gasteiger partial charge in [-0.15, -0.1) is 6.58 Å². The van der Waals surface area contributed by atoms with E-state index in [0.717, 1.165) is 51.6 Å². The molecule has 0 aromatic carbocycles. The van der Waals surface area contributed by atoms with E-state index >= 15 is 0 Å². The highest BCUT2D eigenvalue weighted by atomic mass is 16.2. The minimum absolute atomic E-state index is 0.194. The Morgan fingerprint density at radius 2 is 1.82 bits per heavy atom. The minimum atomic E-state index is -0.556. The van der Waals surface area contributed by atoms with Gasteiger partial charge in [0.1, 0.15) is 0 Å². The van der Waals surface area contributed by atoms with Crippen LogP contribution in [0.15, 0.2) is 12.7 Å². The minimum Gasteiger partial charge on any atom is -0.341 e. The monoisotopic (exact) mass is 236 g/mol. The van der Waals surface area contributed by atoms with Crippen LogP contribution in [0.4, 0.5) is 0 Å². The number of rotatable bonds is 2. The molecule has 3 nitrogen and oxygen atoms in total. The molecule has 0 aromatic rings. The van der Waals surface area contributed by atoms with Crippen LogP contribution in [0.1, 0.15) is 44.9 Å². The van der Waals surface area contributed by atoms with Gasteiger partial charge in [0.05, 0.1) is 5.54 Å². The molecule has 1 aliphatic heterocycles. The third-order valence-electron chi connectivity index (χ3n) is 4.33. The van der Waals surface area contributed by atoms with Crippen LogP contribution < -0.4 is 5.73 Å². The van der Waals surface area contributed by atoms with Crippen molar-refractivity contribution >= 4 is 5.91 Å². The van der Waals surface area contributed by atoms with Crippen molar-refractivity contribution in [1.29, 1.82) is 0 Å². The smallest absolute Gasteiger partial charge is 0.242 e. The summed E-state index contributed by atoms with van der Waals surface area (Å²) in [5.41, 5.74) is 5.73. The lowest BCUT2D eigenvalue weighted by Gasteiger charge is -2.39. The van der Waals surface area contributed by atoms with Crippen molar-refractivity contribution in [2.45, 2.75) is 50.5 Å². The summed E-state index contributed by atoms with van der Waals surface area (Å²) in [5, 5.41) is 0. The van der Waals surface area contributed by atoms with E-state index in [-0.39, 0.29) is 5.91 Å². The van der Waals surface area contributed by atoms with Crippen LogP contribution >= 0.6 is 0 Å². The van der Waals surface area contributed by atoms with Crippen LogP contribution in [0.2, 0.25) is 0 Å². The fourth-order valence-electron chi connectivity index (χ4n) is 3.05. The van der Waals surface area contributed by atoms with E-state index in [9.17, 15) is 4.79 Å². The lowest BCUT2D eigenvalue weighted by molar-refractivity contribution is -0.139. The molecule has 2 N–H and O–H groups in total. The molecule has 17 heavy (non-hydrogen) atoms. The zero-order chi connectivity index (χ0) is 12.3. The van der Waals surface area contributed by atoms with Crippen molar-refractivity contribution in [3.8, 4) is 0 Å². The highest BCUT2D eigenvalue weighted by Crippen LogP contribution is 2.29. The van der Waals surface area contributed by atoms with Crippen molar-refractivity contribution in [1.82, 2.24) is 4.90 Å². The maximum Gasteiger partial charge on any atom is 0.242 e. The molecular formula is C14H24N2O. The Morgan fingerprint density at radius 1 is 1.24 bits per heavy atom. The van der Waals surface area contributed by atoms with Crippen molar-refractivity contribution in [3.63, 3.8) is 0 Å². The molecule has 2 rings (SSSR count). The Balaban J connectivity index is 1.93. The molecule has 1 aliphatic carbocycles. The summed E-state index contributed by atoms with van der Waals surface area (Å²) in [5.74, 6) is 0.777. The lowest BCUT2D eigenvalue weighted by atomic mass is 9.81. The van der Waals surface area contributed by atoms with Crippen LogP contribution in [-0.2, 0) is 4.79 Å². The maximum atomic E-state index is 12.4. The number of nitrogens with two attached hydrogens (primary N) is 1. The SMILES string of the molecule is C=CC1CCN(C(=O)C2(N)CCCCC2)CC1.